The third kappa shape index (κ3) is 5.81. The summed E-state index contributed by atoms with van der Waals surface area (Å²) in [6.45, 7) is 6.09. The molecule has 0 bridgehead atoms. The van der Waals surface area contributed by atoms with Crippen molar-refractivity contribution in [1.82, 2.24) is 0 Å². The average molecular weight is 227 g/mol. The molecule has 1 rings (SSSR count). The lowest BCUT2D eigenvalue weighted by molar-refractivity contribution is 0.126. The van der Waals surface area contributed by atoms with E-state index in [2.05, 4.69) is 13.8 Å². The first kappa shape index (κ1) is 12.5. The normalized spacial score (nSPS) is 10.9. The molecule has 0 unspecified atom stereocenters. The van der Waals surface area contributed by atoms with Crippen LogP contribution in [0.5, 0.6) is 0 Å². The van der Waals surface area contributed by atoms with Crippen LogP contribution in [0.15, 0.2) is 24.3 Å². The van der Waals surface area contributed by atoms with Gasteiger partial charge in [0.2, 0.25) is 0 Å². The number of hydrogen-bond donors (Lipinski definition) is 0. The first-order valence-electron chi connectivity index (χ1n) is 5.50. The molecule has 1 nitrogen and oxygen atoms in total. The Hall–Kier alpha value is -0.530. The van der Waals surface area contributed by atoms with Gasteiger partial charge in [-0.25, -0.2) is 0 Å². The van der Waals surface area contributed by atoms with Gasteiger partial charge in [-0.2, -0.15) is 0 Å². The van der Waals surface area contributed by atoms with E-state index in [1.165, 1.54) is 5.56 Å². The highest BCUT2D eigenvalue weighted by molar-refractivity contribution is 6.30. The minimum Gasteiger partial charge on any atom is -0.381 e. The average Bonchev–Trinajstić information content (AvgIpc) is 2.20. The van der Waals surface area contributed by atoms with Gasteiger partial charge < -0.3 is 4.74 Å². The zero-order valence-corrected chi connectivity index (χ0v) is 10.3. The molecular weight excluding hydrogens is 208 g/mol. The summed E-state index contributed by atoms with van der Waals surface area (Å²) in [5.41, 5.74) is 1.28. The van der Waals surface area contributed by atoms with Crippen LogP contribution in [0.4, 0.5) is 0 Å². The Morgan fingerprint density at radius 2 is 1.80 bits per heavy atom. The van der Waals surface area contributed by atoms with Gasteiger partial charge in [-0.05, 0) is 36.5 Å². The number of hydrogen-bond acceptors (Lipinski definition) is 1. The van der Waals surface area contributed by atoms with Crippen LogP contribution in [-0.2, 0) is 11.2 Å². The number of halogens is 1. The molecule has 1 aromatic carbocycles. The fourth-order valence-electron chi connectivity index (χ4n) is 1.26. The van der Waals surface area contributed by atoms with Crippen LogP contribution in [-0.4, -0.2) is 13.2 Å². The van der Waals surface area contributed by atoms with Crippen molar-refractivity contribution in [3.05, 3.63) is 34.9 Å². The molecule has 0 aromatic heterocycles. The Kier molecular flexibility index (Phi) is 5.74. The van der Waals surface area contributed by atoms with Gasteiger partial charge in [0.05, 0.1) is 6.61 Å². The van der Waals surface area contributed by atoms with Crippen molar-refractivity contribution in [1.29, 1.82) is 0 Å². The molecule has 0 saturated carbocycles. The molecule has 15 heavy (non-hydrogen) atoms. The van der Waals surface area contributed by atoms with Gasteiger partial charge in [0.15, 0.2) is 0 Å². The Bertz CT molecular complexity index is 266. The quantitative estimate of drug-likeness (QED) is 0.668. The summed E-state index contributed by atoms with van der Waals surface area (Å²) in [5.74, 6) is 0.723. The molecule has 0 aliphatic carbocycles. The first-order valence-corrected chi connectivity index (χ1v) is 5.88. The van der Waals surface area contributed by atoms with Crippen molar-refractivity contribution in [2.24, 2.45) is 5.92 Å². The summed E-state index contributed by atoms with van der Waals surface area (Å²) >= 11 is 5.80. The highest BCUT2D eigenvalue weighted by Crippen LogP contribution is 2.10. The molecule has 0 fully saturated rings. The standard InChI is InChI=1S/C13H19ClO/c1-11(2)7-9-15-10-8-12-3-5-13(14)6-4-12/h3-6,11H,7-10H2,1-2H3. The highest BCUT2D eigenvalue weighted by Gasteiger charge is 1.96. The first-order chi connectivity index (χ1) is 7.18. The predicted octanol–water partition coefficient (Wildman–Crippen LogP) is 3.95. The van der Waals surface area contributed by atoms with E-state index < -0.39 is 0 Å². The molecule has 0 heterocycles. The number of benzene rings is 1. The van der Waals surface area contributed by atoms with Crippen LogP contribution in [0.1, 0.15) is 25.8 Å². The summed E-state index contributed by atoms with van der Waals surface area (Å²) in [5, 5.41) is 0.791. The molecule has 0 radical (unpaired) electrons. The topological polar surface area (TPSA) is 9.23 Å². The van der Waals surface area contributed by atoms with Crippen molar-refractivity contribution in [3.63, 3.8) is 0 Å². The summed E-state index contributed by atoms with van der Waals surface area (Å²) in [6.07, 6.45) is 2.11. The van der Waals surface area contributed by atoms with Gasteiger partial charge in [-0.1, -0.05) is 37.6 Å². The maximum atomic E-state index is 5.80. The van der Waals surface area contributed by atoms with E-state index in [0.717, 1.165) is 37.0 Å². The monoisotopic (exact) mass is 226 g/mol. The molecule has 84 valence electrons. The zero-order valence-electron chi connectivity index (χ0n) is 9.50. The molecule has 0 saturated heterocycles. The van der Waals surface area contributed by atoms with Gasteiger partial charge in [0, 0.05) is 11.6 Å². The van der Waals surface area contributed by atoms with Crippen molar-refractivity contribution in [3.8, 4) is 0 Å². The zero-order chi connectivity index (χ0) is 11.1. The van der Waals surface area contributed by atoms with Crippen LogP contribution in [0.25, 0.3) is 0 Å². The van der Waals surface area contributed by atoms with Crippen molar-refractivity contribution < 1.29 is 4.74 Å². The maximum Gasteiger partial charge on any atom is 0.0506 e. The van der Waals surface area contributed by atoms with Crippen LogP contribution < -0.4 is 0 Å². The van der Waals surface area contributed by atoms with Crippen LogP contribution in [0, 0.1) is 5.92 Å². The lowest BCUT2D eigenvalue weighted by Crippen LogP contribution is -2.02. The molecular formula is C13H19ClO. The molecule has 2 heteroatoms. The van der Waals surface area contributed by atoms with Gasteiger partial charge >= 0.3 is 0 Å². The second kappa shape index (κ2) is 6.86. The van der Waals surface area contributed by atoms with E-state index in [1.54, 1.807) is 0 Å². The van der Waals surface area contributed by atoms with Crippen molar-refractivity contribution in [2.45, 2.75) is 26.7 Å². The molecule has 0 amide bonds. The third-order valence-corrected chi connectivity index (χ3v) is 2.54. The second-order valence-electron chi connectivity index (χ2n) is 4.17. The molecule has 0 atom stereocenters. The van der Waals surface area contributed by atoms with Gasteiger partial charge in [0.1, 0.15) is 0 Å². The molecule has 0 aliphatic heterocycles. The van der Waals surface area contributed by atoms with E-state index >= 15 is 0 Å². The molecule has 0 spiro atoms. The van der Waals surface area contributed by atoms with E-state index in [-0.39, 0.29) is 0 Å². The van der Waals surface area contributed by atoms with Gasteiger partial charge in [0.25, 0.3) is 0 Å². The van der Waals surface area contributed by atoms with E-state index in [4.69, 9.17) is 16.3 Å². The van der Waals surface area contributed by atoms with E-state index in [9.17, 15) is 0 Å². The Morgan fingerprint density at radius 1 is 1.13 bits per heavy atom. The van der Waals surface area contributed by atoms with Crippen molar-refractivity contribution in [2.75, 3.05) is 13.2 Å². The fraction of sp³-hybridized carbons (Fsp3) is 0.538. The smallest absolute Gasteiger partial charge is 0.0506 e. The molecule has 0 N–H and O–H groups in total. The van der Waals surface area contributed by atoms with Crippen LogP contribution >= 0.6 is 11.6 Å². The predicted molar refractivity (Wildman–Crippen MR) is 65.4 cm³/mol. The number of ether oxygens (including phenoxy) is 1. The Labute approximate surface area is 97.4 Å². The summed E-state index contributed by atoms with van der Waals surface area (Å²) in [6, 6.07) is 7.94. The SMILES string of the molecule is CC(C)CCOCCc1ccc(Cl)cc1. The van der Waals surface area contributed by atoms with Crippen molar-refractivity contribution >= 4 is 11.6 Å². The minimum atomic E-state index is 0.723. The summed E-state index contributed by atoms with van der Waals surface area (Å²) in [4.78, 5) is 0. The lowest BCUT2D eigenvalue weighted by atomic mass is 10.1. The lowest BCUT2D eigenvalue weighted by Gasteiger charge is -2.06. The Balaban J connectivity index is 2.12. The third-order valence-electron chi connectivity index (χ3n) is 2.29. The number of rotatable bonds is 6. The van der Waals surface area contributed by atoms with Crippen LogP contribution in [0.2, 0.25) is 5.02 Å². The fourth-order valence-corrected chi connectivity index (χ4v) is 1.39. The maximum absolute atomic E-state index is 5.80. The minimum absolute atomic E-state index is 0.723. The largest absolute Gasteiger partial charge is 0.381 e. The van der Waals surface area contributed by atoms with Gasteiger partial charge in [-0.15, -0.1) is 0 Å². The van der Waals surface area contributed by atoms with E-state index in [0.29, 0.717) is 0 Å². The van der Waals surface area contributed by atoms with Crippen LogP contribution in [0.3, 0.4) is 0 Å². The second-order valence-corrected chi connectivity index (χ2v) is 4.61. The molecule has 1 aromatic rings. The molecule has 0 aliphatic rings. The summed E-state index contributed by atoms with van der Waals surface area (Å²) in [7, 11) is 0. The van der Waals surface area contributed by atoms with E-state index in [1.807, 2.05) is 24.3 Å². The summed E-state index contributed by atoms with van der Waals surface area (Å²) < 4.78 is 5.55. The highest BCUT2D eigenvalue weighted by atomic mass is 35.5. The Morgan fingerprint density at radius 3 is 2.40 bits per heavy atom. The van der Waals surface area contributed by atoms with Gasteiger partial charge in [-0.3, -0.25) is 0 Å².